The van der Waals surface area contributed by atoms with E-state index in [4.69, 9.17) is 5.11 Å². The third kappa shape index (κ3) is 7.38. The molecule has 3 aromatic rings. The maximum Gasteiger partial charge on any atom is 0.251 e. The van der Waals surface area contributed by atoms with Gasteiger partial charge in [-0.05, 0) is 79.8 Å². The highest BCUT2D eigenvalue weighted by molar-refractivity contribution is 5.98. The minimum absolute atomic E-state index is 0.331. The average Bonchev–Trinajstić information content (AvgIpc) is 2.87. The lowest BCUT2D eigenvalue weighted by Gasteiger charge is -2.19. The van der Waals surface area contributed by atoms with Crippen LogP contribution >= 0.6 is 0 Å². The molecule has 0 spiro atoms. The van der Waals surface area contributed by atoms with Crippen molar-refractivity contribution in [1.82, 2.24) is 10.3 Å². The van der Waals surface area contributed by atoms with E-state index in [9.17, 15) is 14.7 Å². The van der Waals surface area contributed by atoms with Gasteiger partial charge in [0.15, 0.2) is 5.78 Å². The molecule has 1 heterocycles. The molecule has 1 amide bonds. The van der Waals surface area contributed by atoms with Crippen molar-refractivity contribution in [2.75, 3.05) is 6.61 Å². The van der Waals surface area contributed by atoms with Gasteiger partial charge < -0.3 is 15.5 Å². The number of hydrogen-bond donors (Lipinski definition) is 3. The Hall–Kier alpha value is -3.79. The van der Waals surface area contributed by atoms with Crippen LogP contribution in [0, 0.1) is 11.8 Å². The van der Waals surface area contributed by atoms with Crippen LogP contribution < -0.4 is 5.32 Å². The number of benzene rings is 2. The van der Waals surface area contributed by atoms with E-state index in [1.807, 2.05) is 24.4 Å². The third-order valence-corrected chi connectivity index (χ3v) is 5.38. The normalized spacial score (nSPS) is 12.2. The molecule has 0 unspecified atom stereocenters. The van der Waals surface area contributed by atoms with Crippen molar-refractivity contribution in [3.8, 4) is 11.8 Å². The summed E-state index contributed by atoms with van der Waals surface area (Å²) in [4.78, 5) is 28.2. The van der Waals surface area contributed by atoms with E-state index in [2.05, 4.69) is 40.3 Å². The summed E-state index contributed by atoms with van der Waals surface area (Å²) in [6.07, 6.45) is 5.63. The van der Waals surface area contributed by atoms with Gasteiger partial charge in [-0.15, -0.1) is 0 Å². The van der Waals surface area contributed by atoms with Crippen LogP contribution in [-0.4, -0.2) is 45.6 Å². The van der Waals surface area contributed by atoms with Crippen molar-refractivity contribution < 1.29 is 19.8 Å². The van der Waals surface area contributed by atoms with Gasteiger partial charge in [0.2, 0.25) is 0 Å². The zero-order valence-electron chi connectivity index (χ0n) is 19.1. The number of nitrogens with one attached hydrogen (secondary N) is 1. The first-order chi connectivity index (χ1) is 16.5. The number of aliphatic hydroxyl groups excluding tert-OH is 2. The second-order valence-corrected chi connectivity index (χ2v) is 8.06. The van der Waals surface area contributed by atoms with Crippen LogP contribution in [0.25, 0.3) is 0 Å². The number of aliphatic hydroxyl groups is 2. The van der Waals surface area contributed by atoms with E-state index in [1.54, 1.807) is 30.5 Å². The number of carbonyl (C=O) groups is 2. The smallest absolute Gasteiger partial charge is 0.251 e. The van der Waals surface area contributed by atoms with Gasteiger partial charge in [-0.3, -0.25) is 14.6 Å². The van der Waals surface area contributed by atoms with Crippen LogP contribution in [0.1, 0.15) is 46.0 Å². The van der Waals surface area contributed by atoms with Crippen molar-refractivity contribution in [2.45, 2.75) is 38.3 Å². The molecular weight excluding hydrogens is 428 g/mol. The van der Waals surface area contributed by atoms with Crippen LogP contribution in [0.4, 0.5) is 0 Å². The fourth-order valence-electron chi connectivity index (χ4n) is 3.44. The van der Waals surface area contributed by atoms with Crippen LogP contribution in [0.2, 0.25) is 0 Å². The molecule has 0 fully saturated rings. The molecule has 0 aliphatic carbocycles. The fourth-order valence-corrected chi connectivity index (χ4v) is 3.44. The molecule has 0 saturated heterocycles. The number of ketones is 1. The Labute approximate surface area is 199 Å². The molecule has 0 saturated carbocycles. The van der Waals surface area contributed by atoms with Crippen molar-refractivity contribution >= 4 is 11.7 Å². The molecule has 3 rings (SSSR count). The zero-order valence-corrected chi connectivity index (χ0v) is 19.1. The first kappa shape index (κ1) is 24.8. The molecule has 34 heavy (non-hydrogen) atoms. The Morgan fingerprint density at radius 1 is 0.941 bits per heavy atom. The summed E-state index contributed by atoms with van der Waals surface area (Å²) in [6, 6.07) is 17.7. The minimum Gasteiger partial charge on any atom is -0.391 e. The highest BCUT2D eigenvalue weighted by Crippen LogP contribution is 2.10. The lowest BCUT2D eigenvalue weighted by molar-refractivity contribution is -0.125. The highest BCUT2D eigenvalue weighted by Gasteiger charge is 2.25. The number of rotatable bonds is 9. The summed E-state index contributed by atoms with van der Waals surface area (Å²) >= 11 is 0. The summed E-state index contributed by atoms with van der Waals surface area (Å²) in [7, 11) is 0. The zero-order chi connectivity index (χ0) is 24.3. The second kappa shape index (κ2) is 12.4. The molecule has 0 radical (unpaired) electrons. The Morgan fingerprint density at radius 2 is 1.56 bits per heavy atom. The van der Waals surface area contributed by atoms with Crippen LogP contribution in [0.15, 0.2) is 73.1 Å². The molecule has 0 bridgehead atoms. The van der Waals surface area contributed by atoms with E-state index in [-0.39, 0.29) is 0 Å². The van der Waals surface area contributed by atoms with Crippen molar-refractivity contribution in [2.24, 2.45) is 0 Å². The van der Waals surface area contributed by atoms with Gasteiger partial charge in [-0.25, -0.2) is 0 Å². The largest absolute Gasteiger partial charge is 0.391 e. The lowest BCUT2D eigenvalue weighted by atomic mass is 10.0. The summed E-state index contributed by atoms with van der Waals surface area (Å²) in [5.74, 6) is 5.05. The SMILES string of the molecule is C[C@@H](O)[C@H](NC(=O)c1ccc(C#Cc2ccc(CCCc3cccnc3)cc2)cc1)C(=O)CO. The van der Waals surface area contributed by atoms with Gasteiger partial charge in [-0.1, -0.05) is 30.0 Å². The molecule has 1 aromatic heterocycles. The number of carbonyl (C=O) groups excluding carboxylic acids is 2. The van der Waals surface area contributed by atoms with E-state index in [0.29, 0.717) is 5.56 Å². The van der Waals surface area contributed by atoms with Gasteiger partial charge in [0.05, 0.1) is 6.10 Å². The van der Waals surface area contributed by atoms with Gasteiger partial charge in [0.25, 0.3) is 5.91 Å². The molecule has 174 valence electrons. The van der Waals surface area contributed by atoms with Crippen LogP contribution in [0.5, 0.6) is 0 Å². The number of pyridine rings is 1. The Morgan fingerprint density at radius 3 is 2.12 bits per heavy atom. The average molecular weight is 457 g/mol. The van der Waals surface area contributed by atoms with E-state index in [1.165, 1.54) is 18.1 Å². The van der Waals surface area contributed by atoms with Gasteiger partial charge in [0, 0.05) is 29.1 Å². The predicted octanol–water partition coefficient (Wildman–Crippen LogP) is 2.70. The van der Waals surface area contributed by atoms with Gasteiger partial charge in [-0.2, -0.15) is 0 Å². The number of Topliss-reactive ketones (excluding diaryl/α,β-unsaturated/α-hetero) is 1. The summed E-state index contributed by atoms with van der Waals surface area (Å²) in [5.41, 5.74) is 4.49. The Bertz CT molecular complexity index is 1150. The quantitative estimate of drug-likeness (QED) is 0.430. The predicted molar refractivity (Wildman–Crippen MR) is 130 cm³/mol. The summed E-state index contributed by atoms with van der Waals surface area (Å²) < 4.78 is 0. The highest BCUT2D eigenvalue weighted by atomic mass is 16.3. The third-order valence-electron chi connectivity index (χ3n) is 5.38. The van der Waals surface area contributed by atoms with Crippen LogP contribution in [0.3, 0.4) is 0 Å². The van der Waals surface area contributed by atoms with E-state index < -0.39 is 30.4 Å². The number of amides is 1. The first-order valence-electron chi connectivity index (χ1n) is 11.2. The number of aryl methyl sites for hydroxylation is 2. The maximum atomic E-state index is 12.4. The fraction of sp³-hybridized carbons (Fsp3) is 0.250. The molecule has 6 nitrogen and oxygen atoms in total. The molecule has 0 aliphatic heterocycles. The summed E-state index contributed by atoms with van der Waals surface area (Å²) in [6.45, 7) is 0.628. The maximum absolute atomic E-state index is 12.4. The Balaban J connectivity index is 1.54. The second-order valence-electron chi connectivity index (χ2n) is 8.06. The number of aromatic nitrogens is 1. The molecule has 0 aliphatic rings. The van der Waals surface area contributed by atoms with E-state index >= 15 is 0 Å². The summed E-state index contributed by atoms with van der Waals surface area (Å²) in [5, 5.41) is 21.1. The molecule has 6 heteroatoms. The lowest BCUT2D eigenvalue weighted by Crippen LogP contribution is -2.48. The van der Waals surface area contributed by atoms with Gasteiger partial charge in [0.1, 0.15) is 12.6 Å². The standard InChI is InChI=1S/C28H28N2O4/c1-20(32)27(26(33)19-31)30-28(34)25-15-13-23(14-16-25)12-11-22-9-7-21(8-10-22)4-2-5-24-6-3-17-29-18-24/h3,6-10,13-18,20,27,31-32H,2,4-5,19H2,1H3,(H,30,34)/t20-,27+/m1/s1. The molecular formula is C28H28N2O4. The van der Waals surface area contributed by atoms with Crippen molar-refractivity contribution in [3.63, 3.8) is 0 Å². The molecule has 3 N–H and O–H groups in total. The van der Waals surface area contributed by atoms with Crippen LogP contribution in [-0.2, 0) is 17.6 Å². The van der Waals surface area contributed by atoms with E-state index in [0.717, 1.165) is 30.4 Å². The molecule has 2 atom stereocenters. The van der Waals surface area contributed by atoms with Gasteiger partial charge >= 0.3 is 0 Å². The topological polar surface area (TPSA) is 99.5 Å². The van der Waals surface area contributed by atoms with Crippen molar-refractivity contribution in [3.05, 3.63) is 101 Å². The van der Waals surface area contributed by atoms with Crippen molar-refractivity contribution in [1.29, 1.82) is 0 Å². The first-order valence-corrected chi connectivity index (χ1v) is 11.2. The number of hydrogen-bond acceptors (Lipinski definition) is 5. The Kier molecular flexibility index (Phi) is 9.10. The monoisotopic (exact) mass is 456 g/mol. The molecule has 2 aromatic carbocycles. The number of nitrogens with zero attached hydrogens (tertiary/aromatic N) is 1. The minimum atomic E-state index is -1.16.